The number of carbonyl (C=O) groups is 2. The Morgan fingerprint density at radius 2 is 1.57 bits per heavy atom. The molecule has 0 saturated carbocycles. The third-order valence-electron chi connectivity index (χ3n) is 5.30. The van der Waals surface area contributed by atoms with Crippen LogP contribution in [0.15, 0.2) is 42.5 Å². The molecule has 0 N–H and O–H groups in total. The molecule has 0 aliphatic carbocycles. The molecule has 0 radical (unpaired) electrons. The van der Waals surface area contributed by atoms with Gasteiger partial charge in [-0.25, -0.2) is 4.39 Å². The molecule has 1 saturated heterocycles. The Morgan fingerprint density at radius 1 is 0.967 bits per heavy atom. The highest BCUT2D eigenvalue weighted by molar-refractivity contribution is 5.94. The first-order chi connectivity index (χ1) is 14.1. The van der Waals surface area contributed by atoms with Crippen molar-refractivity contribution in [2.24, 2.45) is 0 Å². The molecule has 0 unspecified atom stereocenters. The standard InChI is InChI=1S/C24H29FN2O3/c1-17-5-10-21(20(15-17)24(2,3)4)30-16-22(28)26-11-13-27(14-12-26)23(29)18-6-8-19(25)9-7-18/h5-10,15H,11-14,16H2,1-4H3. The van der Waals surface area contributed by atoms with E-state index in [-0.39, 0.29) is 29.7 Å². The number of aryl methyl sites for hydroxylation is 1. The second-order valence-electron chi connectivity index (χ2n) is 8.72. The molecule has 2 amide bonds. The summed E-state index contributed by atoms with van der Waals surface area (Å²) in [5.74, 6) is 0.119. The quantitative estimate of drug-likeness (QED) is 0.768. The van der Waals surface area contributed by atoms with Crippen molar-refractivity contribution in [1.82, 2.24) is 9.80 Å². The fourth-order valence-electron chi connectivity index (χ4n) is 3.52. The molecule has 1 fully saturated rings. The van der Waals surface area contributed by atoms with E-state index in [1.54, 1.807) is 9.80 Å². The number of benzene rings is 2. The van der Waals surface area contributed by atoms with Gasteiger partial charge in [0.05, 0.1) is 0 Å². The molecule has 0 atom stereocenters. The number of rotatable bonds is 4. The van der Waals surface area contributed by atoms with E-state index in [2.05, 4.69) is 26.8 Å². The summed E-state index contributed by atoms with van der Waals surface area (Å²) in [5, 5.41) is 0. The Hall–Kier alpha value is -2.89. The minimum Gasteiger partial charge on any atom is -0.483 e. The van der Waals surface area contributed by atoms with E-state index in [1.165, 1.54) is 24.3 Å². The van der Waals surface area contributed by atoms with Gasteiger partial charge in [-0.3, -0.25) is 9.59 Å². The van der Waals surface area contributed by atoms with Gasteiger partial charge in [-0.05, 0) is 48.2 Å². The van der Waals surface area contributed by atoms with Crippen molar-refractivity contribution in [3.05, 3.63) is 65.0 Å². The molecular weight excluding hydrogens is 383 g/mol. The molecule has 1 heterocycles. The zero-order valence-electron chi connectivity index (χ0n) is 18.1. The van der Waals surface area contributed by atoms with Crippen LogP contribution in [0.4, 0.5) is 4.39 Å². The molecule has 0 bridgehead atoms. The molecule has 3 rings (SSSR count). The Bertz CT molecular complexity index is 911. The van der Waals surface area contributed by atoms with Gasteiger partial charge in [0, 0.05) is 31.7 Å². The number of halogens is 1. The fraction of sp³-hybridized carbons (Fsp3) is 0.417. The largest absolute Gasteiger partial charge is 0.483 e. The lowest BCUT2D eigenvalue weighted by molar-refractivity contribution is -0.134. The molecule has 160 valence electrons. The Labute approximate surface area is 177 Å². The van der Waals surface area contributed by atoms with Crippen molar-refractivity contribution in [2.75, 3.05) is 32.8 Å². The molecule has 6 heteroatoms. The van der Waals surface area contributed by atoms with Crippen LogP contribution >= 0.6 is 0 Å². The van der Waals surface area contributed by atoms with E-state index in [1.807, 2.05) is 19.1 Å². The highest BCUT2D eigenvalue weighted by Gasteiger charge is 2.26. The first kappa shape index (κ1) is 21.8. The number of amides is 2. The van der Waals surface area contributed by atoms with Crippen LogP contribution in [0.5, 0.6) is 5.75 Å². The number of hydrogen-bond acceptors (Lipinski definition) is 3. The minimum absolute atomic E-state index is 0.0297. The maximum atomic E-state index is 13.1. The lowest BCUT2D eigenvalue weighted by Crippen LogP contribution is -2.51. The molecule has 2 aromatic carbocycles. The number of carbonyl (C=O) groups excluding carboxylic acids is 2. The van der Waals surface area contributed by atoms with Gasteiger partial charge in [0.25, 0.3) is 11.8 Å². The smallest absolute Gasteiger partial charge is 0.260 e. The van der Waals surface area contributed by atoms with Crippen molar-refractivity contribution in [2.45, 2.75) is 33.1 Å². The summed E-state index contributed by atoms with van der Waals surface area (Å²) in [6.45, 7) is 10.2. The number of nitrogens with zero attached hydrogens (tertiary/aromatic N) is 2. The van der Waals surface area contributed by atoms with Crippen molar-refractivity contribution < 1.29 is 18.7 Å². The normalized spacial score (nSPS) is 14.6. The summed E-state index contributed by atoms with van der Waals surface area (Å²) < 4.78 is 18.9. The average Bonchev–Trinajstić information content (AvgIpc) is 2.72. The Kier molecular flexibility index (Phi) is 6.44. The van der Waals surface area contributed by atoms with E-state index in [9.17, 15) is 14.0 Å². The van der Waals surface area contributed by atoms with Crippen LogP contribution < -0.4 is 4.74 Å². The molecule has 0 spiro atoms. The van der Waals surface area contributed by atoms with Crippen LogP contribution in [0.3, 0.4) is 0 Å². The predicted molar refractivity (Wildman–Crippen MR) is 114 cm³/mol. The van der Waals surface area contributed by atoms with Crippen LogP contribution in [0.1, 0.15) is 42.3 Å². The maximum Gasteiger partial charge on any atom is 0.260 e. The van der Waals surface area contributed by atoms with Crippen molar-refractivity contribution in [3.63, 3.8) is 0 Å². The van der Waals surface area contributed by atoms with Gasteiger partial charge >= 0.3 is 0 Å². The number of ether oxygens (including phenoxy) is 1. The van der Waals surface area contributed by atoms with E-state index >= 15 is 0 Å². The highest BCUT2D eigenvalue weighted by Crippen LogP contribution is 2.32. The SMILES string of the molecule is Cc1ccc(OCC(=O)N2CCN(C(=O)c3ccc(F)cc3)CC2)c(C(C)(C)C)c1. The lowest BCUT2D eigenvalue weighted by atomic mass is 9.85. The number of piperazine rings is 1. The van der Waals surface area contributed by atoms with E-state index < -0.39 is 0 Å². The fourth-order valence-corrected chi connectivity index (χ4v) is 3.52. The zero-order chi connectivity index (χ0) is 21.9. The first-order valence-corrected chi connectivity index (χ1v) is 10.2. The van der Waals surface area contributed by atoms with Crippen LogP contribution in [-0.2, 0) is 10.2 Å². The van der Waals surface area contributed by atoms with Crippen LogP contribution in [0.25, 0.3) is 0 Å². The van der Waals surface area contributed by atoms with Gasteiger partial charge in [0.15, 0.2) is 6.61 Å². The number of hydrogen-bond donors (Lipinski definition) is 0. The maximum absolute atomic E-state index is 13.1. The molecule has 0 aromatic heterocycles. The van der Waals surface area contributed by atoms with Gasteiger partial charge in [0.1, 0.15) is 11.6 Å². The van der Waals surface area contributed by atoms with Crippen LogP contribution in [-0.4, -0.2) is 54.4 Å². The van der Waals surface area contributed by atoms with Gasteiger partial charge in [-0.15, -0.1) is 0 Å². The molecule has 2 aromatic rings. The van der Waals surface area contributed by atoms with Crippen LogP contribution in [0.2, 0.25) is 0 Å². The minimum atomic E-state index is -0.370. The monoisotopic (exact) mass is 412 g/mol. The average molecular weight is 413 g/mol. The molecule has 1 aliphatic rings. The van der Waals surface area contributed by atoms with Gasteiger partial charge in [-0.2, -0.15) is 0 Å². The van der Waals surface area contributed by atoms with Crippen molar-refractivity contribution in [1.29, 1.82) is 0 Å². The van der Waals surface area contributed by atoms with Crippen molar-refractivity contribution in [3.8, 4) is 5.75 Å². The van der Waals surface area contributed by atoms with Gasteiger partial charge in [-0.1, -0.05) is 38.5 Å². The summed E-state index contributed by atoms with van der Waals surface area (Å²) in [4.78, 5) is 28.6. The van der Waals surface area contributed by atoms with E-state index in [4.69, 9.17) is 4.74 Å². The topological polar surface area (TPSA) is 49.9 Å². The summed E-state index contributed by atoms with van der Waals surface area (Å²) >= 11 is 0. The molecule has 30 heavy (non-hydrogen) atoms. The Balaban J connectivity index is 1.55. The zero-order valence-corrected chi connectivity index (χ0v) is 18.1. The first-order valence-electron chi connectivity index (χ1n) is 10.2. The lowest BCUT2D eigenvalue weighted by Gasteiger charge is -2.35. The summed E-state index contributed by atoms with van der Waals surface area (Å²) in [6.07, 6.45) is 0. The van der Waals surface area contributed by atoms with E-state index in [0.29, 0.717) is 31.7 Å². The summed E-state index contributed by atoms with van der Waals surface area (Å²) in [7, 11) is 0. The second kappa shape index (κ2) is 8.86. The van der Waals surface area contributed by atoms with Crippen LogP contribution in [0, 0.1) is 12.7 Å². The van der Waals surface area contributed by atoms with Crippen molar-refractivity contribution >= 4 is 11.8 Å². The predicted octanol–water partition coefficient (Wildman–Crippen LogP) is 3.80. The van der Waals surface area contributed by atoms with E-state index in [0.717, 1.165) is 16.9 Å². The highest BCUT2D eigenvalue weighted by atomic mass is 19.1. The third kappa shape index (κ3) is 5.17. The molecule has 5 nitrogen and oxygen atoms in total. The molecule has 1 aliphatic heterocycles. The Morgan fingerprint density at radius 3 is 2.17 bits per heavy atom. The molecular formula is C24H29FN2O3. The summed E-state index contributed by atoms with van der Waals surface area (Å²) in [5.41, 5.74) is 2.59. The summed E-state index contributed by atoms with van der Waals surface area (Å²) in [6, 6.07) is 11.5. The second-order valence-corrected chi connectivity index (χ2v) is 8.72. The van der Waals surface area contributed by atoms with Gasteiger partial charge in [0.2, 0.25) is 0 Å². The third-order valence-corrected chi connectivity index (χ3v) is 5.30. The van der Waals surface area contributed by atoms with Gasteiger partial charge < -0.3 is 14.5 Å².